The summed E-state index contributed by atoms with van der Waals surface area (Å²) < 4.78 is 7.26. The van der Waals surface area contributed by atoms with E-state index in [0.29, 0.717) is 13.2 Å². The predicted molar refractivity (Wildman–Crippen MR) is 95.4 cm³/mol. The number of aromatic nitrogens is 3. The first kappa shape index (κ1) is 17.4. The fourth-order valence-electron chi connectivity index (χ4n) is 3.31. The number of carbonyl (C=O) groups excluding carboxylic acids is 1. The fourth-order valence-corrected chi connectivity index (χ4v) is 3.31. The lowest BCUT2D eigenvalue weighted by atomic mass is 9.97. The first-order valence-electron chi connectivity index (χ1n) is 8.73. The second-order valence-electron chi connectivity index (χ2n) is 6.28. The Labute approximate surface area is 148 Å². The number of nitrogens with zero attached hydrogens (tertiary/aromatic N) is 4. The van der Waals surface area contributed by atoms with Gasteiger partial charge in [-0.2, -0.15) is 0 Å². The van der Waals surface area contributed by atoms with Crippen molar-refractivity contribution in [1.82, 2.24) is 19.7 Å². The highest BCUT2D eigenvalue weighted by molar-refractivity contribution is 5.90. The van der Waals surface area contributed by atoms with Crippen molar-refractivity contribution >= 4 is 11.7 Å². The minimum Gasteiger partial charge on any atom is -0.380 e. The molecule has 25 heavy (non-hydrogen) atoms. The van der Waals surface area contributed by atoms with Crippen LogP contribution in [0, 0.1) is 0 Å². The molecule has 0 aliphatic carbocycles. The zero-order valence-corrected chi connectivity index (χ0v) is 14.8. The number of ether oxygens (including phenoxy) is 1. The summed E-state index contributed by atoms with van der Waals surface area (Å²) in [6.07, 6.45) is 3.76. The van der Waals surface area contributed by atoms with E-state index < -0.39 is 0 Å². The van der Waals surface area contributed by atoms with Crippen LogP contribution in [0.2, 0.25) is 0 Å². The van der Waals surface area contributed by atoms with E-state index in [0.717, 1.165) is 43.0 Å². The van der Waals surface area contributed by atoms with Crippen molar-refractivity contribution in [3.8, 4) is 0 Å². The second kappa shape index (κ2) is 8.11. The van der Waals surface area contributed by atoms with Crippen LogP contribution in [0.4, 0.5) is 10.5 Å². The molecule has 1 aromatic heterocycles. The Kier molecular flexibility index (Phi) is 5.65. The number of piperidine rings is 1. The van der Waals surface area contributed by atoms with E-state index in [1.807, 2.05) is 29.2 Å². The Bertz CT molecular complexity index is 715. The van der Waals surface area contributed by atoms with Crippen molar-refractivity contribution in [2.75, 3.05) is 25.5 Å². The molecule has 1 unspecified atom stereocenters. The van der Waals surface area contributed by atoms with Crippen molar-refractivity contribution in [3.63, 3.8) is 0 Å². The first-order chi connectivity index (χ1) is 12.2. The Balaban J connectivity index is 1.68. The van der Waals surface area contributed by atoms with Crippen LogP contribution < -0.4 is 5.32 Å². The zero-order chi connectivity index (χ0) is 17.6. The van der Waals surface area contributed by atoms with E-state index in [-0.39, 0.29) is 11.9 Å². The van der Waals surface area contributed by atoms with Gasteiger partial charge in [0.2, 0.25) is 0 Å². The maximum Gasteiger partial charge on any atom is 0.321 e. The molecule has 7 nitrogen and oxygen atoms in total. The molecule has 2 heterocycles. The van der Waals surface area contributed by atoms with Crippen molar-refractivity contribution in [1.29, 1.82) is 0 Å². The number of para-hydroxylation sites is 1. The number of hydrogen-bond acceptors (Lipinski definition) is 4. The number of aryl methyl sites for hydroxylation is 1. The van der Waals surface area contributed by atoms with Gasteiger partial charge in [-0.05, 0) is 25.8 Å². The standard InChI is InChI=1S/C18H25N5O2/c1-3-22-13-19-21-17(22)14-8-6-10-23(11-14)18(24)20-16-9-5-4-7-15(16)12-25-2/h4-5,7,9,13-14H,3,6,8,10-12H2,1-2H3,(H,20,24). The summed E-state index contributed by atoms with van der Waals surface area (Å²) >= 11 is 0. The largest absolute Gasteiger partial charge is 0.380 e. The average molecular weight is 343 g/mol. The molecule has 1 fully saturated rings. The quantitative estimate of drug-likeness (QED) is 0.906. The molecule has 7 heteroatoms. The van der Waals surface area contributed by atoms with Crippen molar-refractivity contribution < 1.29 is 9.53 Å². The Morgan fingerprint density at radius 3 is 3.04 bits per heavy atom. The number of amides is 2. The number of likely N-dealkylation sites (tertiary alicyclic amines) is 1. The average Bonchev–Trinajstić information content (AvgIpc) is 3.12. The zero-order valence-electron chi connectivity index (χ0n) is 14.8. The van der Waals surface area contributed by atoms with E-state index in [9.17, 15) is 4.79 Å². The Morgan fingerprint density at radius 1 is 1.40 bits per heavy atom. The molecule has 2 amide bonds. The predicted octanol–water partition coefficient (Wildman–Crippen LogP) is 2.86. The van der Waals surface area contributed by atoms with Crippen LogP contribution in [-0.4, -0.2) is 45.9 Å². The molecule has 0 radical (unpaired) electrons. The number of nitrogens with one attached hydrogen (secondary N) is 1. The van der Waals surface area contributed by atoms with Crippen molar-refractivity contribution in [2.45, 2.75) is 38.8 Å². The van der Waals surface area contributed by atoms with E-state index >= 15 is 0 Å². The fraction of sp³-hybridized carbons (Fsp3) is 0.500. The SMILES string of the molecule is CCn1cnnc1C1CCCN(C(=O)Nc2ccccc2COC)C1. The number of benzene rings is 1. The molecule has 2 aromatic rings. The lowest BCUT2D eigenvalue weighted by Gasteiger charge is -2.32. The lowest BCUT2D eigenvalue weighted by Crippen LogP contribution is -2.42. The monoisotopic (exact) mass is 343 g/mol. The van der Waals surface area contributed by atoms with Gasteiger partial charge < -0.3 is 19.5 Å². The van der Waals surface area contributed by atoms with Gasteiger partial charge in [0.1, 0.15) is 12.2 Å². The second-order valence-corrected chi connectivity index (χ2v) is 6.28. The van der Waals surface area contributed by atoms with Crippen molar-refractivity contribution in [2.24, 2.45) is 0 Å². The number of hydrogen-bond donors (Lipinski definition) is 1. The summed E-state index contributed by atoms with van der Waals surface area (Å²) in [4.78, 5) is 14.6. The third-order valence-corrected chi connectivity index (χ3v) is 4.62. The molecule has 0 bridgehead atoms. The van der Waals surface area contributed by atoms with Crippen LogP contribution >= 0.6 is 0 Å². The summed E-state index contributed by atoms with van der Waals surface area (Å²) in [5.41, 5.74) is 1.77. The van der Waals surface area contributed by atoms with Gasteiger partial charge in [-0.3, -0.25) is 0 Å². The minimum absolute atomic E-state index is 0.0733. The summed E-state index contributed by atoms with van der Waals surface area (Å²) in [7, 11) is 1.65. The van der Waals surface area contributed by atoms with Crippen LogP contribution in [0.15, 0.2) is 30.6 Å². The highest BCUT2D eigenvalue weighted by Gasteiger charge is 2.28. The molecule has 3 rings (SSSR count). The third-order valence-electron chi connectivity index (χ3n) is 4.62. The molecule has 1 aromatic carbocycles. The van der Waals surface area contributed by atoms with E-state index in [1.54, 1.807) is 13.4 Å². The molecule has 1 aliphatic rings. The molecule has 0 saturated carbocycles. The third kappa shape index (κ3) is 3.99. The number of carbonyl (C=O) groups is 1. The van der Waals surface area contributed by atoms with E-state index in [2.05, 4.69) is 27.0 Å². The van der Waals surface area contributed by atoms with Crippen LogP contribution in [0.3, 0.4) is 0 Å². The van der Waals surface area contributed by atoms with Gasteiger partial charge in [0, 0.05) is 43.9 Å². The van der Waals surface area contributed by atoms with Crippen molar-refractivity contribution in [3.05, 3.63) is 42.0 Å². The van der Waals surface area contributed by atoms with Crippen LogP contribution in [-0.2, 0) is 17.9 Å². The minimum atomic E-state index is -0.0733. The molecular formula is C18H25N5O2. The molecule has 1 N–H and O–H groups in total. The summed E-state index contributed by atoms with van der Waals surface area (Å²) in [5.74, 6) is 1.20. The highest BCUT2D eigenvalue weighted by atomic mass is 16.5. The molecule has 1 saturated heterocycles. The summed E-state index contributed by atoms with van der Waals surface area (Å²) in [6.45, 7) is 4.81. The molecule has 0 spiro atoms. The maximum atomic E-state index is 12.7. The molecule has 1 aliphatic heterocycles. The van der Waals surface area contributed by atoms with Gasteiger partial charge in [0.25, 0.3) is 0 Å². The summed E-state index contributed by atoms with van der Waals surface area (Å²) in [6, 6.07) is 7.65. The number of methoxy groups -OCH3 is 1. The topological polar surface area (TPSA) is 72.3 Å². The van der Waals surface area contributed by atoms with E-state index in [1.165, 1.54) is 0 Å². The Hall–Kier alpha value is -2.41. The maximum absolute atomic E-state index is 12.7. The number of urea groups is 1. The Morgan fingerprint density at radius 2 is 2.24 bits per heavy atom. The van der Waals surface area contributed by atoms with Crippen LogP contribution in [0.1, 0.15) is 37.1 Å². The number of anilines is 1. The molecular weight excluding hydrogens is 318 g/mol. The smallest absolute Gasteiger partial charge is 0.321 e. The van der Waals surface area contributed by atoms with Gasteiger partial charge in [-0.1, -0.05) is 18.2 Å². The van der Waals surface area contributed by atoms with Gasteiger partial charge in [0.05, 0.1) is 6.61 Å². The van der Waals surface area contributed by atoms with Gasteiger partial charge in [0.15, 0.2) is 0 Å². The summed E-state index contributed by atoms with van der Waals surface area (Å²) in [5, 5.41) is 11.3. The van der Waals surface area contributed by atoms with Gasteiger partial charge >= 0.3 is 6.03 Å². The number of rotatable bonds is 5. The van der Waals surface area contributed by atoms with Gasteiger partial charge in [-0.15, -0.1) is 10.2 Å². The molecule has 134 valence electrons. The van der Waals surface area contributed by atoms with Crippen LogP contribution in [0.25, 0.3) is 0 Å². The van der Waals surface area contributed by atoms with E-state index in [4.69, 9.17) is 4.74 Å². The molecule has 1 atom stereocenters. The first-order valence-corrected chi connectivity index (χ1v) is 8.73. The van der Waals surface area contributed by atoms with Gasteiger partial charge in [-0.25, -0.2) is 4.79 Å². The normalized spacial score (nSPS) is 17.5. The van der Waals surface area contributed by atoms with Crippen LogP contribution in [0.5, 0.6) is 0 Å². The highest BCUT2D eigenvalue weighted by Crippen LogP contribution is 2.26. The lowest BCUT2D eigenvalue weighted by molar-refractivity contribution is 0.184.